The molecule has 0 saturated heterocycles. The summed E-state index contributed by atoms with van der Waals surface area (Å²) in [4.78, 5) is 28.4. The molecule has 0 spiro atoms. The number of rotatable bonds is 6. The Labute approximate surface area is 156 Å². The Morgan fingerprint density at radius 1 is 0.885 bits per heavy atom. The molecule has 0 unspecified atom stereocenters. The number of pyridine rings is 1. The van der Waals surface area contributed by atoms with Gasteiger partial charge in [-0.2, -0.15) is 0 Å². The third kappa shape index (κ3) is 4.24. The molecule has 0 aliphatic carbocycles. The molecule has 0 bridgehead atoms. The Kier molecular flexibility index (Phi) is 5.58. The van der Waals surface area contributed by atoms with E-state index in [1.165, 1.54) is 41.0 Å². The molecule has 0 aliphatic heterocycles. The number of aryl methyl sites for hydroxylation is 2. The first kappa shape index (κ1) is 18.0. The van der Waals surface area contributed by atoms with Crippen LogP contribution in [0.2, 0.25) is 0 Å². The molecule has 3 aromatic heterocycles. The van der Waals surface area contributed by atoms with Gasteiger partial charge in [-0.15, -0.1) is 20.4 Å². The highest BCUT2D eigenvalue weighted by Crippen LogP contribution is 2.17. The van der Waals surface area contributed by atoms with Gasteiger partial charge in [0.05, 0.1) is 5.56 Å². The fourth-order valence-electron chi connectivity index (χ4n) is 1.89. The molecular weight excluding hydrogens is 374 g/mol. The second-order valence-corrected chi connectivity index (χ2v) is 7.17. The zero-order chi connectivity index (χ0) is 18.5. The summed E-state index contributed by atoms with van der Waals surface area (Å²) >= 11 is 2.63. The van der Waals surface area contributed by atoms with Crippen molar-refractivity contribution < 1.29 is 9.59 Å². The molecule has 0 fully saturated rings. The van der Waals surface area contributed by atoms with Crippen molar-refractivity contribution in [1.82, 2.24) is 25.4 Å². The average molecular weight is 389 g/mol. The summed E-state index contributed by atoms with van der Waals surface area (Å²) in [5.74, 6) is -0.771. The topological polar surface area (TPSA) is 123 Å². The molecule has 0 atom stereocenters. The van der Waals surface area contributed by atoms with Gasteiger partial charge in [0, 0.05) is 6.20 Å². The molecule has 0 radical (unpaired) electrons. The first-order valence-corrected chi connectivity index (χ1v) is 9.45. The van der Waals surface area contributed by atoms with E-state index < -0.39 is 5.91 Å². The maximum absolute atomic E-state index is 12.2. The fourth-order valence-corrected chi connectivity index (χ4v) is 3.24. The zero-order valence-corrected chi connectivity index (χ0v) is 15.6. The monoisotopic (exact) mass is 389 g/mol. The van der Waals surface area contributed by atoms with Crippen LogP contribution in [0.15, 0.2) is 18.3 Å². The van der Waals surface area contributed by atoms with Gasteiger partial charge in [0.1, 0.15) is 15.7 Å². The van der Waals surface area contributed by atoms with Crippen LogP contribution < -0.4 is 10.6 Å². The molecule has 2 amide bonds. The van der Waals surface area contributed by atoms with Crippen LogP contribution in [0.4, 0.5) is 10.3 Å². The van der Waals surface area contributed by atoms with Crippen LogP contribution in [-0.2, 0) is 12.8 Å². The summed E-state index contributed by atoms with van der Waals surface area (Å²) in [5, 5.41) is 23.5. The minimum atomic E-state index is -0.410. The van der Waals surface area contributed by atoms with E-state index in [4.69, 9.17) is 0 Å². The van der Waals surface area contributed by atoms with Crippen molar-refractivity contribution in [2.45, 2.75) is 26.7 Å². The van der Waals surface area contributed by atoms with Crippen molar-refractivity contribution in [2.75, 3.05) is 10.6 Å². The van der Waals surface area contributed by atoms with Crippen molar-refractivity contribution in [1.29, 1.82) is 0 Å². The molecule has 11 heteroatoms. The van der Waals surface area contributed by atoms with Gasteiger partial charge in [-0.05, 0) is 25.0 Å². The van der Waals surface area contributed by atoms with Gasteiger partial charge < -0.3 is 0 Å². The number of nitrogens with one attached hydrogen (secondary N) is 2. The van der Waals surface area contributed by atoms with E-state index >= 15 is 0 Å². The predicted octanol–water partition coefficient (Wildman–Crippen LogP) is 2.41. The number of nitrogens with zero attached hydrogens (tertiary/aromatic N) is 5. The molecule has 9 nitrogen and oxygen atoms in total. The Balaban J connectivity index is 1.63. The standard InChI is InChI=1S/C15H15N7O2S2/c1-3-10-19-21-14(25-10)17-12(23)8-5-6-9(16-7-8)13(24)18-15-22-20-11(4-2)26-15/h5-7H,3-4H2,1-2H3,(H,17,21,23)(H,18,22,24). The third-order valence-electron chi connectivity index (χ3n) is 3.24. The first-order chi connectivity index (χ1) is 12.6. The van der Waals surface area contributed by atoms with Crippen LogP contribution in [0.25, 0.3) is 0 Å². The van der Waals surface area contributed by atoms with Crippen LogP contribution in [0, 0.1) is 0 Å². The lowest BCUT2D eigenvalue weighted by molar-refractivity contribution is 0.101. The quantitative estimate of drug-likeness (QED) is 0.663. The minimum absolute atomic E-state index is 0.180. The van der Waals surface area contributed by atoms with Crippen molar-refractivity contribution in [2.24, 2.45) is 0 Å². The molecule has 3 heterocycles. The predicted molar refractivity (Wildman–Crippen MR) is 98.7 cm³/mol. The lowest BCUT2D eigenvalue weighted by Gasteiger charge is -2.03. The molecule has 3 aromatic rings. The Hall–Kier alpha value is -2.79. The van der Waals surface area contributed by atoms with Crippen LogP contribution in [0.3, 0.4) is 0 Å². The van der Waals surface area contributed by atoms with E-state index in [1.54, 1.807) is 0 Å². The number of hydrogen-bond acceptors (Lipinski definition) is 9. The van der Waals surface area contributed by atoms with E-state index in [9.17, 15) is 9.59 Å². The average Bonchev–Trinajstić information content (AvgIpc) is 3.30. The zero-order valence-electron chi connectivity index (χ0n) is 14.0. The smallest absolute Gasteiger partial charge is 0.276 e. The highest BCUT2D eigenvalue weighted by molar-refractivity contribution is 7.15. The molecule has 26 heavy (non-hydrogen) atoms. The maximum atomic E-state index is 12.2. The summed E-state index contributed by atoms with van der Waals surface area (Å²) in [6, 6.07) is 3.00. The minimum Gasteiger partial charge on any atom is -0.296 e. The summed E-state index contributed by atoms with van der Waals surface area (Å²) in [6.07, 6.45) is 2.85. The number of anilines is 2. The lowest BCUT2D eigenvalue weighted by Crippen LogP contribution is -2.16. The van der Waals surface area contributed by atoms with Gasteiger partial charge in [-0.25, -0.2) is 0 Å². The van der Waals surface area contributed by atoms with Crippen LogP contribution in [0.1, 0.15) is 44.7 Å². The molecule has 2 N–H and O–H groups in total. The molecule has 134 valence electrons. The number of amides is 2. The lowest BCUT2D eigenvalue weighted by atomic mass is 10.2. The fraction of sp³-hybridized carbons (Fsp3) is 0.267. The Morgan fingerprint density at radius 3 is 1.92 bits per heavy atom. The number of carbonyl (C=O) groups excluding carboxylic acids is 2. The summed E-state index contributed by atoms with van der Waals surface area (Å²) in [6.45, 7) is 3.92. The molecule has 0 aromatic carbocycles. The van der Waals surface area contributed by atoms with E-state index in [-0.39, 0.29) is 11.6 Å². The third-order valence-corrected chi connectivity index (χ3v) is 5.20. The highest BCUT2D eigenvalue weighted by atomic mass is 32.1. The van der Waals surface area contributed by atoms with Crippen molar-refractivity contribution in [3.63, 3.8) is 0 Å². The second-order valence-electron chi connectivity index (χ2n) is 5.05. The van der Waals surface area contributed by atoms with E-state index in [0.717, 1.165) is 22.9 Å². The normalized spacial score (nSPS) is 10.5. The van der Waals surface area contributed by atoms with E-state index in [2.05, 4.69) is 36.0 Å². The van der Waals surface area contributed by atoms with Crippen LogP contribution in [0.5, 0.6) is 0 Å². The van der Waals surface area contributed by atoms with Crippen LogP contribution >= 0.6 is 22.7 Å². The van der Waals surface area contributed by atoms with Crippen molar-refractivity contribution in [3.05, 3.63) is 39.6 Å². The Bertz CT molecular complexity index is 845. The summed E-state index contributed by atoms with van der Waals surface area (Å²) in [5.41, 5.74) is 0.498. The van der Waals surface area contributed by atoms with Gasteiger partial charge >= 0.3 is 0 Å². The molecule has 3 rings (SSSR count). The number of carbonyl (C=O) groups is 2. The molecule has 0 aliphatic rings. The molecular formula is C15H15N7O2S2. The molecule has 0 saturated carbocycles. The van der Waals surface area contributed by atoms with E-state index in [0.29, 0.717) is 15.8 Å². The highest BCUT2D eigenvalue weighted by Gasteiger charge is 2.14. The van der Waals surface area contributed by atoms with Gasteiger partial charge in [-0.1, -0.05) is 36.5 Å². The van der Waals surface area contributed by atoms with Crippen LogP contribution in [-0.4, -0.2) is 37.2 Å². The van der Waals surface area contributed by atoms with E-state index in [1.807, 2.05) is 13.8 Å². The number of aromatic nitrogens is 5. The maximum Gasteiger partial charge on any atom is 0.276 e. The summed E-state index contributed by atoms with van der Waals surface area (Å²) in [7, 11) is 0. The van der Waals surface area contributed by atoms with Crippen molar-refractivity contribution >= 4 is 44.8 Å². The number of hydrogen-bond donors (Lipinski definition) is 2. The first-order valence-electron chi connectivity index (χ1n) is 7.82. The van der Waals surface area contributed by atoms with Gasteiger partial charge in [0.2, 0.25) is 10.3 Å². The summed E-state index contributed by atoms with van der Waals surface area (Å²) < 4.78 is 0. The van der Waals surface area contributed by atoms with Crippen molar-refractivity contribution in [3.8, 4) is 0 Å². The largest absolute Gasteiger partial charge is 0.296 e. The Morgan fingerprint density at radius 2 is 1.46 bits per heavy atom. The second kappa shape index (κ2) is 8.06. The van der Waals surface area contributed by atoms with Gasteiger partial charge in [0.15, 0.2) is 0 Å². The SMILES string of the molecule is CCc1nnc(NC(=O)c2ccc(C(=O)Nc3nnc(CC)s3)nc2)s1. The van der Waals surface area contributed by atoms with Gasteiger partial charge in [-0.3, -0.25) is 25.2 Å². The van der Waals surface area contributed by atoms with Gasteiger partial charge in [0.25, 0.3) is 11.8 Å².